The molecule has 0 radical (unpaired) electrons. The van der Waals surface area contributed by atoms with Gasteiger partial charge in [-0.15, -0.1) is 0 Å². The first-order valence-electron chi connectivity index (χ1n) is 10.0. The van der Waals surface area contributed by atoms with Gasteiger partial charge in [0, 0.05) is 17.5 Å². The standard InChI is InChI=1S/C23H24ClNO6S/c1-13(2)9-19(25-32(28,29)16-7-5-14(3)6-8-16)23(27)31-21-12-20-17(11-18(21)24)15(4)10-22(26)30-20/h5-8,10-13,19,25H,9H2,1-4H3. The second kappa shape index (κ2) is 9.44. The summed E-state index contributed by atoms with van der Waals surface area (Å²) in [4.78, 5) is 24.7. The Labute approximate surface area is 191 Å². The number of halogens is 1. The van der Waals surface area contributed by atoms with Crippen molar-refractivity contribution in [1.29, 1.82) is 0 Å². The van der Waals surface area contributed by atoms with Crippen LogP contribution in [0.15, 0.2) is 56.6 Å². The molecule has 0 spiro atoms. The molecule has 0 aliphatic carbocycles. The number of esters is 1. The van der Waals surface area contributed by atoms with Crippen molar-refractivity contribution in [3.8, 4) is 5.75 Å². The molecular formula is C23H24ClNO6S. The number of hydrogen-bond donors (Lipinski definition) is 1. The van der Waals surface area contributed by atoms with Crippen LogP contribution in [0.3, 0.4) is 0 Å². The van der Waals surface area contributed by atoms with E-state index in [-0.39, 0.29) is 33.6 Å². The van der Waals surface area contributed by atoms with Crippen LogP contribution in [0.5, 0.6) is 5.75 Å². The third-order valence-corrected chi connectivity index (χ3v) is 6.62. The lowest BCUT2D eigenvalue weighted by Gasteiger charge is -2.20. The van der Waals surface area contributed by atoms with Crippen molar-refractivity contribution < 1.29 is 22.4 Å². The lowest BCUT2D eigenvalue weighted by molar-refractivity contribution is -0.136. The first-order valence-corrected chi connectivity index (χ1v) is 11.9. The number of sulfonamides is 1. The summed E-state index contributed by atoms with van der Waals surface area (Å²) in [6.45, 7) is 7.31. The smallest absolute Gasteiger partial charge is 0.336 e. The Bertz CT molecular complexity index is 1310. The highest BCUT2D eigenvalue weighted by Gasteiger charge is 2.29. The van der Waals surface area contributed by atoms with Gasteiger partial charge in [-0.25, -0.2) is 18.0 Å². The molecule has 1 N–H and O–H groups in total. The van der Waals surface area contributed by atoms with Crippen molar-refractivity contribution in [2.75, 3.05) is 0 Å². The molecule has 3 rings (SSSR count). The van der Waals surface area contributed by atoms with Gasteiger partial charge in [-0.3, -0.25) is 0 Å². The number of fused-ring (bicyclic) bond motifs is 1. The molecule has 0 bridgehead atoms. The summed E-state index contributed by atoms with van der Waals surface area (Å²) in [6, 6.07) is 9.38. The number of benzene rings is 2. The number of carbonyl (C=O) groups excluding carboxylic acids is 1. The first kappa shape index (κ1) is 24.0. The minimum Gasteiger partial charge on any atom is -0.424 e. The molecule has 3 aromatic rings. The molecule has 0 aliphatic heterocycles. The highest BCUT2D eigenvalue weighted by Crippen LogP contribution is 2.31. The Hall–Kier alpha value is -2.68. The van der Waals surface area contributed by atoms with Crippen LogP contribution < -0.4 is 15.1 Å². The predicted molar refractivity (Wildman–Crippen MR) is 123 cm³/mol. The minimum atomic E-state index is -3.96. The Balaban J connectivity index is 1.90. The summed E-state index contributed by atoms with van der Waals surface area (Å²) in [7, 11) is -3.96. The van der Waals surface area contributed by atoms with E-state index < -0.39 is 27.7 Å². The first-order chi connectivity index (χ1) is 15.0. The van der Waals surface area contributed by atoms with Crippen LogP contribution in [0.4, 0.5) is 0 Å². The number of hydrogen-bond acceptors (Lipinski definition) is 6. The number of rotatable bonds is 7. The maximum absolute atomic E-state index is 12.9. The SMILES string of the molecule is Cc1ccc(S(=O)(=O)NC(CC(C)C)C(=O)Oc2cc3oc(=O)cc(C)c3cc2Cl)cc1. The van der Waals surface area contributed by atoms with Gasteiger partial charge in [0.25, 0.3) is 0 Å². The molecule has 2 aromatic carbocycles. The predicted octanol–water partition coefficient (Wildman–Crippen LogP) is 4.36. The minimum absolute atomic E-state index is 0.000939. The van der Waals surface area contributed by atoms with Crippen molar-refractivity contribution in [2.45, 2.75) is 45.1 Å². The molecule has 1 unspecified atom stereocenters. The molecular weight excluding hydrogens is 454 g/mol. The van der Waals surface area contributed by atoms with E-state index in [1.807, 2.05) is 20.8 Å². The van der Waals surface area contributed by atoms with Crippen LogP contribution in [-0.4, -0.2) is 20.4 Å². The molecule has 0 saturated carbocycles. The monoisotopic (exact) mass is 477 g/mol. The normalized spacial score (nSPS) is 12.8. The molecule has 0 saturated heterocycles. The Morgan fingerprint density at radius 2 is 1.78 bits per heavy atom. The summed E-state index contributed by atoms with van der Waals surface area (Å²) < 4.78 is 38.7. The van der Waals surface area contributed by atoms with Gasteiger partial charge in [-0.05, 0) is 49.9 Å². The second-order valence-electron chi connectivity index (χ2n) is 8.06. The molecule has 0 fully saturated rings. The van der Waals surface area contributed by atoms with Crippen molar-refractivity contribution >= 4 is 38.6 Å². The molecule has 1 aromatic heterocycles. The van der Waals surface area contributed by atoms with Gasteiger partial charge < -0.3 is 9.15 Å². The van der Waals surface area contributed by atoms with E-state index in [0.717, 1.165) is 5.56 Å². The fourth-order valence-corrected chi connectivity index (χ4v) is 4.61. The molecule has 7 nitrogen and oxygen atoms in total. The van der Waals surface area contributed by atoms with E-state index in [2.05, 4.69) is 4.72 Å². The largest absolute Gasteiger partial charge is 0.424 e. The van der Waals surface area contributed by atoms with Crippen molar-refractivity contribution in [3.05, 3.63) is 69.0 Å². The highest BCUT2D eigenvalue weighted by molar-refractivity contribution is 7.89. The van der Waals surface area contributed by atoms with E-state index in [0.29, 0.717) is 10.9 Å². The van der Waals surface area contributed by atoms with Gasteiger partial charge in [-0.2, -0.15) is 4.72 Å². The number of ether oxygens (including phenoxy) is 1. The Kier molecular flexibility index (Phi) is 7.07. The lowest BCUT2D eigenvalue weighted by Crippen LogP contribution is -2.43. The van der Waals surface area contributed by atoms with E-state index in [4.69, 9.17) is 20.8 Å². The van der Waals surface area contributed by atoms with Crippen LogP contribution in [0.1, 0.15) is 31.4 Å². The summed E-state index contributed by atoms with van der Waals surface area (Å²) in [5, 5.41) is 0.737. The Morgan fingerprint density at radius 3 is 2.41 bits per heavy atom. The van der Waals surface area contributed by atoms with Gasteiger partial charge in [0.05, 0.1) is 9.92 Å². The average Bonchev–Trinajstić information content (AvgIpc) is 2.68. The van der Waals surface area contributed by atoms with Gasteiger partial charge in [0.15, 0.2) is 5.75 Å². The fourth-order valence-electron chi connectivity index (χ4n) is 3.21. The van der Waals surface area contributed by atoms with Crippen molar-refractivity contribution in [2.24, 2.45) is 5.92 Å². The summed E-state index contributed by atoms with van der Waals surface area (Å²) >= 11 is 6.28. The third kappa shape index (κ3) is 5.56. The van der Waals surface area contributed by atoms with Crippen LogP contribution in [0.2, 0.25) is 5.02 Å². The van der Waals surface area contributed by atoms with E-state index >= 15 is 0 Å². The fraction of sp³-hybridized carbons (Fsp3) is 0.304. The van der Waals surface area contributed by atoms with Gasteiger partial charge in [0.1, 0.15) is 11.6 Å². The zero-order chi connectivity index (χ0) is 23.6. The van der Waals surface area contributed by atoms with Crippen LogP contribution in [0, 0.1) is 19.8 Å². The number of aryl methyl sites for hydroxylation is 2. The second-order valence-corrected chi connectivity index (χ2v) is 10.2. The zero-order valence-electron chi connectivity index (χ0n) is 18.1. The summed E-state index contributed by atoms with van der Waals surface area (Å²) in [6.07, 6.45) is 0.212. The summed E-state index contributed by atoms with van der Waals surface area (Å²) in [5.74, 6) is -0.840. The van der Waals surface area contributed by atoms with Crippen molar-refractivity contribution in [3.63, 3.8) is 0 Å². The topological polar surface area (TPSA) is 103 Å². The molecule has 1 atom stereocenters. The zero-order valence-corrected chi connectivity index (χ0v) is 19.7. The average molecular weight is 478 g/mol. The van der Waals surface area contributed by atoms with Crippen LogP contribution in [0.25, 0.3) is 11.0 Å². The molecule has 0 amide bonds. The third-order valence-electron chi connectivity index (χ3n) is 4.83. The van der Waals surface area contributed by atoms with E-state index in [9.17, 15) is 18.0 Å². The highest BCUT2D eigenvalue weighted by atomic mass is 35.5. The summed E-state index contributed by atoms with van der Waals surface area (Å²) in [5.41, 5.74) is 1.25. The van der Waals surface area contributed by atoms with Crippen LogP contribution >= 0.6 is 11.6 Å². The van der Waals surface area contributed by atoms with E-state index in [1.54, 1.807) is 19.1 Å². The Morgan fingerprint density at radius 1 is 1.12 bits per heavy atom. The van der Waals surface area contributed by atoms with Gasteiger partial charge >= 0.3 is 11.6 Å². The maximum atomic E-state index is 12.9. The number of carbonyl (C=O) groups is 1. The maximum Gasteiger partial charge on any atom is 0.336 e. The molecule has 0 aliphatic rings. The van der Waals surface area contributed by atoms with Crippen molar-refractivity contribution in [1.82, 2.24) is 4.72 Å². The molecule has 170 valence electrons. The van der Waals surface area contributed by atoms with E-state index in [1.165, 1.54) is 30.3 Å². The molecule has 9 heteroatoms. The molecule has 32 heavy (non-hydrogen) atoms. The number of nitrogens with one attached hydrogen (secondary N) is 1. The van der Waals surface area contributed by atoms with Crippen LogP contribution in [-0.2, 0) is 14.8 Å². The molecule has 1 heterocycles. The van der Waals surface area contributed by atoms with Gasteiger partial charge in [-0.1, -0.05) is 43.1 Å². The lowest BCUT2D eigenvalue weighted by atomic mass is 10.0. The van der Waals surface area contributed by atoms with Gasteiger partial charge in [0.2, 0.25) is 10.0 Å². The quantitative estimate of drug-likeness (QED) is 0.308.